The summed E-state index contributed by atoms with van der Waals surface area (Å²) in [6, 6.07) is 0. The molecule has 0 aliphatic carbocycles. The molecule has 0 radical (unpaired) electrons. The summed E-state index contributed by atoms with van der Waals surface area (Å²) >= 11 is 0. The molecule has 78 valence electrons. The average Bonchev–Trinajstić information content (AvgIpc) is 2.13. The molecular weight excluding hydrogens is 184 g/mol. The Labute approximate surface area is 82.4 Å². The zero-order valence-corrected chi connectivity index (χ0v) is 7.95. The summed E-state index contributed by atoms with van der Waals surface area (Å²) in [4.78, 5) is 21.7. The van der Waals surface area contributed by atoms with Crippen molar-refractivity contribution in [3.05, 3.63) is 0 Å². The second-order valence-corrected chi connectivity index (χ2v) is 2.59. The van der Waals surface area contributed by atoms with Gasteiger partial charge in [-0.3, -0.25) is 9.59 Å². The average molecular weight is 198 g/mol. The van der Waals surface area contributed by atoms with Crippen LogP contribution in [-0.4, -0.2) is 25.2 Å². The molecule has 0 saturated carbocycles. The second kappa shape index (κ2) is 7.90. The van der Waals surface area contributed by atoms with Crippen LogP contribution in [0.15, 0.2) is 10.2 Å². The first-order valence-electron chi connectivity index (χ1n) is 4.20. The molecule has 2 N–H and O–H groups in total. The lowest BCUT2D eigenvalue weighted by atomic mass is 10.2. The van der Waals surface area contributed by atoms with Gasteiger partial charge in [0.1, 0.15) is 0 Å². The van der Waals surface area contributed by atoms with E-state index in [-0.39, 0.29) is 11.8 Å². The standard InChI is InChI=1S/C8H14N4O2/c1-9-11-7(13)5-3-4-6-8(14)12-10-2/h1-6H2,(H,11,13)(H,12,14). The second-order valence-electron chi connectivity index (χ2n) is 2.59. The summed E-state index contributed by atoms with van der Waals surface area (Å²) in [6.07, 6.45) is 1.94. The maximum Gasteiger partial charge on any atom is 0.240 e. The number of amides is 2. The van der Waals surface area contributed by atoms with Crippen LogP contribution in [0.25, 0.3) is 0 Å². The van der Waals surface area contributed by atoms with Crippen molar-refractivity contribution in [1.82, 2.24) is 10.9 Å². The molecular formula is C8H14N4O2. The third-order valence-corrected chi connectivity index (χ3v) is 1.47. The molecule has 0 aliphatic heterocycles. The molecule has 6 heteroatoms. The minimum atomic E-state index is -0.192. The van der Waals surface area contributed by atoms with Gasteiger partial charge < -0.3 is 0 Å². The zero-order chi connectivity index (χ0) is 10.8. The van der Waals surface area contributed by atoms with Gasteiger partial charge in [0.15, 0.2) is 0 Å². The molecule has 0 aromatic rings. The SMILES string of the molecule is C=NNC(=O)CCCCC(=O)NN=C. The number of carbonyl (C=O) groups excluding carboxylic acids is 2. The summed E-state index contributed by atoms with van der Waals surface area (Å²) in [5.41, 5.74) is 4.41. The smallest absolute Gasteiger partial charge is 0.240 e. The molecule has 0 aliphatic rings. The van der Waals surface area contributed by atoms with E-state index in [4.69, 9.17) is 0 Å². The molecule has 0 saturated heterocycles. The van der Waals surface area contributed by atoms with Gasteiger partial charge in [-0.1, -0.05) is 0 Å². The molecule has 0 spiro atoms. The van der Waals surface area contributed by atoms with Crippen molar-refractivity contribution in [1.29, 1.82) is 0 Å². The summed E-state index contributed by atoms with van der Waals surface area (Å²) in [6.45, 7) is 6.23. The molecule has 14 heavy (non-hydrogen) atoms. The Hall–Kier alpha value is -1.72. The minimum absolute atomic E-state index is 0.192. The monoisotopic (exact) mass is 198 g/mol. The number of rotatable bonds is 7. The van der Waals surface area contributed by atoms with E-state index in [9.17, 15) is 9.59 Å². The van der Waals surface area contributed by atoms with E-state index in [1.54, 1.807) is 0 Å². The fraction of sp³-hybridized carbons (Fsp3) is 0.500. The first-order valence-corrected chi connectivity index (χ1v) is 4.20. The van der Waals surface area contributed by atoms with Crippen LogP contribution >= 0.6 is 0 Å². The number of unbranched alkanes of at least 4 members (excludes halogenated alkanes) is 1. The normalized spacial score (nSPS) is 8.86. The van der Waals surface area contributed by atoms with Crippen molar-refractivity contribution in [3.8, 4) is 0 Å². The topological polar surface area (TPSA) is 82.9 Å². The Balaban J connectivity index is 3.36. The van der Waals surface area contributed by atoms with Gasteiger partial charge in [-0.2, -0.15) is 10.2 Å². The molecule has 0 rings (SSSR count). The number of nitrogens with zero attached hydrogens (tertiary/aromatic N) is 2. The highest BCUT2D eigenvalue weighted by Crippen LogP contribution is 1.99. The van der Waals surface area contributed by atoms with E-state index >= 15 is 0 Å². The predicted octanol–water partition coefficient (Wildman–Crippen LogP) is 0.0104. The van der Waals surface area contributed by atoms with Gasteiger partial charge in [-0.05, 0) is 12.8 Å². The number of nitrogens with one attached hydrogen (secondary N) is 2. The maximum atomic E-state index is 10.8. The number of hydrogen-bond donors (Lipinski definition) is 2. The van der Waals surface area contributed by atoms with Gasteiger partial charge in [-0.15, -0.1) is 0 Å². The van der Waals surface area contributed by atoms with Crippen LogP contribution in [0.1, 0.15) is 25.7 Å². The van der Waals surface area contributed by atoms with Crippen molar-refractivity contribution >= 4 is 25.2 Å². The number of hydrogen-bond acceptors (Lipinski definition) is 4. The summed E-state index contributed by atoms with van der Waals surface area (Å²) < 4.78 is 0. The van der Waals surface area contributed by atoms with E-state index in [0.717, 1.165) is 0 Å². The molecule has 0 unspecified atom stereocenters. The molecule has 2 amide bonds. The van der Waals surface area contributed by atoms with Crippen molar-refractivity contribution in [2.24, 2.45) is 10.2 Å². The first-order chi connectivity index (χ1) is 6.70. The fourth-order valence-corrected chi connectivity index (χ4v) is 0.859. The van der Waals surface area contributed by atoms with Crippen LogP contribution < -0.4 is 10.9 Å². The lowest BCUT2D eigenvalue weighted by molar-refractivity contribution is -0.123. The zero-order valence-electron chi connectivity index (χ0n) is 7.95. The third-order valence-electron chi connectivity index (χ3n) is 1.47. The maximum absolute atomic E-state index is 10.8. The Morgan fingerprint density at radius 3 is 1.57 bits per heavy atom. The van der Waals surface area contributed by atoms with Gasteiger partial charge in [0.2, 0.25) is 11.8 Å². The number of carbonyl (C=O) groups is 2. The Bertz CT molecular complexity index is 203. The lowest BCUT2D eigenvalue weighted by Gasteiger charge is -1.99. The first kappa shape index (κ1) is 12.3. The van der Waals surface area contributed by atoms with Gasteiger partial charge in [0, 0.05) is 26.3 Å². The van der Waals surface area contributed by atoms with Crippen LogP contribution in [-0.2, 0) is 9.59 Å². The minimum Gasteiger partial charge on any atom is -0.273 e. The van der Waals surface area contributed by atoms with Crippen LogP contribution in [0.3, 0.4) is 0 Å². The molecule has 0 aromatic heterocycles. The van der Waals surface area contributed by atoms with E-state index in [1.165, 1.54) is 0 Å². The third kappa shape index (κ3) is 6.96. The van der Waals surface area contributed by atoms with E-state index in [2.05, 4.69) is 34.5 Å². The summed E-state index contributed by atoms with van der Waals surface area (Å²) in [5.74, 6) is -0.385. The Morgan fingerprint density at radius 1 is 0.929 bits per heavy atom. The highest BCUT2D eigenvalue weighted by molar-refractivity contribution is 5.77. The predicted molar refractivity (Wildman–Crippen MR) is 53.9 cm³/mol. The lowest BCUT2D eigenvalue weighted by Crippen LogP contribution is -2.18. The summed E-state index contributed by atoms with van der Waals surface area (Å²) in [7, 11) is 0. The molecule has 0 bridgehead atoms. The van der Waals surface area contributed by atoms with Gasteiger partial charge in [0.25, 0.3) is 0 Å². The van der Waals surface area contributed by atoms with Crippen molar-refractivity contribution in [3.63, 3.8) is 0 Å². The molecule has 0 heterocycles. The van der Waals surface area contributed by atoms with Crippen molar-refractivity contribution in [2.45, 2.75) is 25.7 Å². The fourth-order valence-electron chi connectivity index (χ4n) is 0.859. The van der Waals surface area contributed by atoms with Crippen molar-refractivity contribution < 1.29 is 9.59 Å². The van der Waals surface area contributed by atoms with Crippen LogP contribution in [0.4, 0.5) is 0 Å². The highest BCUT2D eigenvalue weighted by atomic mass is 16.2. The highest BCUT2D eigenvalue weighted by Gasteiger charge is 2.01. The Kier molecular flexibility index (Phi) is 6.93. The van der Waals surface area contributed by atoms with Crippen LogP contribution in [0.5, 0.6) is 0 Å². The van der Waals surface area contributed by atoms with E-state index < -0.39 is 0 Å². The van der Waals surface area contributed by atoms with E-state index in [0.29, 0.717) is 25.7 Å². The molecule has 0 atom stereocenters. The quantitative estimate of drug-likeness (QED) is 0.343. The van der Waals surface area contributed by atoms with Gasteiger partial charge in [0.05, 0.1) is 0 Å². The van der Waals surface area contributed by atoms with Crippen LogP contribution in [0.2, 0.25) is 0 Å². The van der Waals surface area contributed by atoms with Gasteiger partial charge >= 0.3 is 0 Å². The van der Waals surface area contributed by atoms with Gasteiger partial charge in [-0.25, -0.2) is 10.9 Å². The molecule has 0 aromatic carbocycles. The van der Waals surface area contributed by atoms with Crippen LogP contribution in [0, 0.1) is 0 Å². The molecule has 6 nitrogen and oxygen atoms in total. The summed E-state index contributed by atoms with van der Waals surface area (Å²) in [5, 5.41) is 6.45. The molecule has 0 fully saturated rings. The van der Waals surface area contributed by atoms with Crippen molar-refractivity contribution in [2.75, 3.05) is 0 Å². The number of hydrazone groups is 2. The largest absolute Gasteiger partial charge is 0.273 e. The van der Waals surface area contributed by atoms with E-state index in [1.807, 2.05) is 0 Å². The Morgan fingerprint density at radius 2 is 1.29 bits per heavy atom.